The molecule has 11 rings (SSSR count). The van der Waals surface area contributed by atoms with Gasteiger partial charge in [0.2, 0.25) is 0 Å². The molecule has 0 bridgehead atoms. The van der Waals surface area contributed by atoms with Crippen molar-refractivity contribution in [2.45, 2.75) is 117 Å². The number of rotatable bonds is 11. The van der Waals surface area contributed by atoms with Gasteiger partial charge in [0.15, 0.2) is 0 Å². The van der Waals surface area contributed by atoms with Gasteiger partial charge in [-0.05, 0) is 22.0 Å². The number of halogens is 1. The summed E-state index contributed by atoms with van der Waals surface area (Å²) in [7, 11) is 0. The van der Waals surface area contributed by atoms with E-state index in [4.69, 9.17) is 0 Å². The zero-order valence-corrected chi connectivity index (χ0v) is 48.9. The van der Waals surface area contributed by atoms with Crippen LogP contribution in [0.5, 0.6) is 0 Å². The number of fused-ring (bicyclic) bond motifs is 6. The van der Waals surface area contributed by atoms with E-state index in [-0.39, 0.29) is 21.7 Å². The Morgan fingerprint density at radius 1 is 0.324 bits per heavy atom. The molecular weight excluding hydrogens is 1020 g/mol. The van der Waals surface area contributed by atoms with Crippen LogP contribution in [0.1, 0.15) is 128 Å². The van der Waals surface area contributed by atoms with Crippen molar-refractivity contribution in [3.63, 3.8) is 0 Å². The first-order chi connectivity index (χ1) is 35.6. The molecule has 0 unspecified atom stereocenters. The Balaban J connectivity index is 1.09. The molecule has 0 atom stereocenters. The Morgan fingerprint density at radius 3 is 1.05 bits per heavy atom. The van der Waals surface area contributed by atoms with E-state index < -0.39 is 13.3 Å². The second-order valence-corrected chi connectivity index (χ2v) is 32.4. The van der Waals surface area contributed by atoms with Crippen LogP contribution in [-0.2, 0) is 21.7 Å². The summed E-state index contributed by atoms with van der Waals surface area (Å²) in [6, 6.07) is 79.0. The number of hydrogen-bond donors (Lipinski definition) is 0. The van der Waals surface area contributed by atoms with Crippen LogP contribution < -0.4 is 17.6 Å². The molecule has 370 valence electrons. The number of benzene rings is 9. The molecule has 9 aromatic carbocycles. The predicted molar refractivity (Wildman–Crippen MR) is 325 cm³/mol. The fourth-order valence-electron chi connectivity index (χ4n) is 13.5. The topological polar surface area (TPSA) is 0 Å². The van der Waals surface area contributed by atoms with Gasteiger partial charge in [-0.25, -0.2) is 0 Å². The molecule has 9 aromatic rings. The summed E-state index contributed by atoms with van der Waals surface area (Å²) in [6.45, 7) is 23.4. The SMILES string of the molecule is CCC1(CC)c2cc(Br)ccc2-c2cc[c]([Ge]([c]3ccccc3)([c]3ccccc3)[c]3ccc4c(c3)C(CC)(CC)c3cc(-c5cc(-c6ccc(C(C)(C)C)cc6)cc(-c6ccc(C(C)(C)C)cc6)c5)ccc3-4)cc21. The summed E-state index contributed by atoms with van der Waals surface area (Å²) in [5.74, 6) is 0. The van der Waals surface area contributed by atoms with Crippen LogP contribution in [0.25, 0.3) is 55.6 Å². The molecule has 0 nitrogen and oxygen atoms in total. The summed E-state index contributed by atoms with van der Waals surface area (Å²) in [5, 5.41) is 0. The minimum atomic E-state index is -3.78. The molecule has 2 aliphatic rings. The van der Waals surface area contributed by atoms with Crippen molar-refractivity contribution in [3.05, 3.63) is 238 Å². The molecule has 0 spiro atoms. The van der Waals surface area contributed by atoms with Gasteiger partial charge in [0.1, 0.15) is 0 Å². The van der Waals surface area contributed by atoms with E-state index in [0.717, 1.165) is 30.2 Å². The Morgan fingerprint density at radius 2 is 0.662 bits per heavy atom. The van der Waals surface area contributed by atoms with Crippen LogP contribution in [0.2, 0.25) is 0 Å². The average molecular weight is 1090 g/mol. The quantitative estimate of drug-likeness (QED) is 0.113. The third-order valence-corrected chi connectivity index (χ3v) is 28.3. The fourth-order valence-corrected chi connectivity index (χ4v) is 23.8. The molecule has 0 aliphatic heterocycles. The molecular formula is C72H71BrGe. The second kappa shape index (κ2) is 19.0. The van der Waals surface area contributed by atoms with Gasteiger partial charge in [-0.2, -0.15) is 0 Å². The summed E-state index contributed by atoms with van der Waals surface area (Å²) in [4.78, 5) is 0. The first-order valence-electron chi connectivity index (χ1n) is 27.3. The molecule has 0 amide bonds. The van der Waals surface area contributed by atoms with Gasteiger partial charge in [-0.1, -0.05) is 65.8 Å². The van der Waals surface area contributed by atoms with E-state index >= 15 is 0 Å². The monoisotopic (exact) mass is 1090 g/mol. The van der Waals surface area contributed by atoms with Crippen LogP contribution in [0, 0.1) is 0 Å². The Hall–Kier alpha value is -6.00. The van der Waals surface area contributed by atoms with Gasteiger partial charge < -0.3 is 0 Å². The van der Waals surface area contributed by atoms with Crippen molar-refractivity contribution in [1.29, 1.82) is 0 Å². The van der Waals surface area contributed by atoms with Gasteiger partial charge in [0.05, 0.1) is 0 Å². The van der Waals surface area contributed by atoms with Gasteiger partial charge in [-0.15, -0.1) is 0 Å². The molecule has 2 aliphatic carbocycles. The average Bonchev–Trinajstić information content (AvgIpc) is 3.86. The van der Waals surface area contributed by atoms with Crippen LogP contribution in [0.15, 0.2) is 205 Å². The van der Waals surface area contributed by atoms with Crippen molar-refractivity contribution < 1.29 is 0 Å². The van der Waals surface area contributed by atoms with Crippen LogP contribution in [0.3, 0.4) is 0 Å². The number of hydrogen-bond acceptors (Lipinski definition) is 0. The Kier molecular flexibility index (Phi) is 12.9. The summed E-state index contributed by atoms with van der Waals surface area (Å²) in [6.07, 6.45) is 4.13. The fraction of sp³-hybridized carbons (Fsp3) is 0.250. The molecule has 0 fully saturated rings. The minimum absolute atomic E-state index is 0.0588. The molecule has 0 saturated heterocycles. The molecule has 74 heavy (non-hydrogen) atoms. The van der Waals surface area contributed by atoms with E-state index in [1.54, 1.807) is 0 Å². The van der Waals surface area contributed by atoms with E-state index in [9.17, 15) is 0 Å². The first kappa shape index (κ1) is 50.2. The maximum absolute atomic E-state index is 3.88. The van der Waals surface area contributed by atoms with Crippen molar-refractivity contribution in [1.82, 2.24) is 0 Å². The van der Waals surface area contributed by atoms with Crippen molar-refractivity contribution >= 4 is 46.8 Å². The van der Waals surface area contributed by atoms with Crippen molar-refractivity contribution in [2.24, 2.45) is 0 Å². The molecule has 0 N–H and O–H groups in total. The van der Waals surface area contributed by atoms with E-state index in [0.29, 0.717) is 0 Å². The third-order valence-electron chi connectivity index (χ3n) is 17.8. The van der Waals surface area contributed by atoms with E-state index in [1.807, 2.05) is 0 Å². The molecule has 0 saturated carbocycles. The Labute approximate surface area is 453 Å². The summed E-state index contributed by atoms with van der Waals surface area (Å²) in [5.41, 5.74) is 21.6. The zero-order chi connectivity index (χ0) is 51.8. The second-order valence-electron chi connectivity index (χ2n) is 23.5. The van der Waals surface area contributed by atoms with E-state index in [2.05, 4.69) is 285 Å². The normalized spacial score (nSPS) is 14.3. The molecule has 0 aromatic heterocycles. The van der Waals surface area contributed by atoms with Gasteiger partial charge >= 0.3 is 369 Å². The molecule has 0 radical (unpaired) electrons. The van der Waals surface area contributed by atoms with Crippen LogP contribution in [-0.4, -0.2) is 13.3 Å². The van der Waals surface area contributed by atoms with Crippen molar-refractivity contribution in [2.75, 3.05) is 0 Å². The van der Waals surface area contributed by atoms with Gasteiger partial charge in [0, 0.05) is 0 Å². The third kappa shape index (κ3) is 8.06. The van der Waals surface area contributed by atoms with Gasteiger partial charge in [-0.3, -0.25) is 0 Å². The molecule has 0 heterocycles. The summed E-state index contributed by atoms with van der Waals surface area (Å²) < 4.78 is 7.06. The van der Waals surface area contributed by atoms with E-state index in [1.165, 1.54) is 107 Å². The maximum atomic E-state index is 3.88. The van der Waals surface area contributed by atoms with Crippen molar-refractivity contribution in [3.8, 4) is 55.6 Å². The van der Waals surface area contributed by atoms with Gasteiger partial charge in [0.25, 0.3) is 0 Å². The van der Waals surface area contributed by atoms with Crippen LogP contribution in [0.4, 0.5) is 0 Å². The predicted octanol–water partition coefficient (Wildman–Crippen LogP) is 17.6. The first-order valence-corrected chi connectivity index (χ1v) is 32.3. The van der Waals surface area contributed by atoms with Crippen LogP contribution >= 0.6 is 15.9 Å². The Bertz CT molecular complexity index is 3430. The molecule has 2 heteroatoms. The zero-order valence-electron chi connectivity index (χ0n) is 45.3. The standard InChI is InChI=1S/C72H71BrGe/c1-11-71(12-2)65-44-50(53-42-51(48-25-30-54(31-26-48)69(5,6)7)41-52(43-53)49-27-32-55(33-28-49)70(8,9)10)29-37-61(65)63-39-35-59(46-67(63)71)74(57-21-17-15-18-22-57,58-23-19-16-20-24-58)60-36-40-64-62-38-34-56(73)45-66(62)72(13-3,14-4)68(64)47-60/h15-47H,11-14H2,1-10H3. The summed E-state index contributed by atoms with van der Waals surface area (Å²) >= 11 is 0.0934.